The number of nitrogens with zero attached hydrogens (tertiary/aromatic N) is 1. The van der Waals surface area contributed by atoms with Crippen LogP contribution in [0.25, 0.3) is 0 Å². The van der Waals surface area contributed by atoms with Crippen molar-refractivity contribution in [3.63, 3.8) is 0 Å². The molecule has 1 aliphatic rings. The number of benzene rings is 1. The van der Waals surface area contributed by atoms with Crippen molar-refractivity contribution in [2.75, 3.05) is 20.2 Å². The molecule has 3 amide bonds. The van der Waals surface area contributed by atoms with Crippen molar-refractivity contribution in [3.05, 3.63) is 28.2 Å². The molecule has 0 bridgehead atoms. The molecule has 0 aromatic heterocycles. The van der Waals surface area contributed by atoms with Crippen molar-refractivity contribution >= 4 is 33.7 Å². The average Bonchev–Trinajstić information content (AvgIpc) is 2.79. The largest absolute Gasteiger partial charge is 0.497 e. The molecule has 7 heteroatoms. The summed E-state index contributed by atoms with van der Waals surface area (Å²) in [6, 6.07) is 5.08. The van der Waals surface area contributed by atoms with E-state index < -0.39 is 0 Å². The summed E-state index contributed by atoms with van der Waals surface area (Å²) >= 11 is 3.30. The number of halogens is 1. The number of carbonyl (C=O) groups excluding carboxylic acids is 3. The molecule has 0 atom stereocenters. The maximum atomic E-state index is 12.1. The summed E-state index contributed by atoms with van der Waals surface area (Å²) in [6.45, 7) is 0.422. The molecule has 1 heterocycles. The third kappa shape index (κ3) is 3.60. The third-order valence-corrected chi connectivity index (χ3v) is 3.89. The molecule has 0 saturated carbocycles. The minimum absolute atomic E-state index is 0.184. The third-order valence-electron chi connectivity index (χ3n) is 3.19. The van der Waals surface area contributed by atoms with E-state index in [1.807, 2.05) is 0 Å². The summed E-state index contributed by atoms with van der Waals surface area (Å²) in [5, 5.41) is 2.69. The Kier molecular flexibility index (Phi) is 4.95. The Morgan fingerprint density at radius 2 is 2.00 bits per heavy atom. The van der Waals surface area contributed by atoms with Crippen LogP contribution in [0.5, 0.6) is 5.75 Å². The van der Waals surface area contributed by atoms with E-state index in [0.717, 1.165) is 0 Å². The lowest BCUT2D eigenvalue weighted by Crippen LogP contribution is -2.37. The van der Waals surface area contributed by atoms with Gasteiger partial charge in [0.2, 0.25) is 11.8 Å². The van der Waals surface area contributed by atoms with Crippen LogP contribution in [0.3, 0.4) is 0 Å². The molecule has 1 saturated heterocycles. The fourth-order valence-corrected chi connectivity index (χ4v) is 2.48. The summed E-state index contributed by atoms with van der Waals surface area (Å²) < 4.78 is 5.72. The van der Waals surface area contributed by atoms with E-state index in [4.69, 9.17) is 4.74 Å². The Morgan fingerprint density at radius 1 is 1.33 bits per heavy atom. The van der Waals surface area contributed by atoms with Gasteiger partial charge in [-0.15, -0.1) is 0 Å². The first-order chi connectivity index (χ1) is 10.0. The summed E-state index contributed by atoms with van der Waals surface area (Å²) in [5.41, 5.74) is 0.438. The first-order valence-corrected chi connectivity index (χ1v) is 7.27. The summed E-state index contributed by atoms with van der Waals surface area (Å²) in [5.74, 6) is -0.0817. The topological polar surface area (TPSA) is 75.7 Å². The summed E-state index contributed by atoms with van der Waals surface area (Å²) in [6.07, 6.45) is 0.516. The van der Waals surface area contributed by atoms with Gasteiger partial charge in [-0.25, -0.2) is 0 Å². The van der Waals surface area contributed by atoms with Crippen LogP contribution < -0.4 is 10.1 Å². The molecule has 1 aliphatic heterocycles. The van der Waals surface area contributed by atoms with Gasteiger partial charge in [-0.2, -0.15) is 0 Å². The van der Waals surface area contributed by atoms with Gasteiger partial charge in [-0.05, 0) is 34.1 Å². The molecule has 1 aromatic rings. The number of ether oxygens (including phenoxy) is 1. The number of rotatable bonds is 5. The Hall–Kier alpha value is -1.89. The second-order valence-electron chi connectivity index (χ2n) is 4.54. The Morgan fingerprint density at radius 3 is 2.62 bits per heavy atom. The molecular weight excluding hydrogens is 340 g/mol. The maximum absolute atomic E-state index is 12.1. The van der Waals surface area contributed by atoms with E-state index in [1.165, 1.54) is 12.0 Å². The zero-order valence-electron chi connectivity index (χ0n) is 11.5. The van der Waals surface area contributed by atoms with Crippen molar-refractivity contribution in [2.45, 2.75) is 12.8 Å². The van der Waals surface area contributed by atoms with Crippen molar-refractivity contribution in [2.24, 2.45) is 0 Å². The average molecular weight is 355 g/mol. The van der Waals surface area contributed by atoms with E-state index in [9.17, 15) is 14.4 Å². The van der Waals surface area contributed by atoms with Crippen LogP contribution in [-0.4, -0.2) is 42.8 Å². The van der Waals surface area contributed by atoms with Crippen LogP contribution in [0.1, 0.15) is 23.2 Å². The number of nitrogens with one attached hydrogen (secondary N) is 1. The van der Waals surface area contributed by atoms with Gasteiger partial charge in [0.15, 0.2) is 0 Å². The minimum atomic E-state index is -0.292. The van der Waals surface area contributed by atoms with E-state index in [0.29, 0.717) is 15.8 Å². The zero-order chi connectivity index (χ0) is 15.4. The quantitative estimate of drug-likeness (QED) is 0.809. The smallest absolute Gasteiger partial charge is 0.252 e. The Bertz CT molecular complexity index is 572. The summed E-state index contributed by atoms with van der Waals surface area (Å²) in [7, 11) is 1.52. The van der Waals surface area contributed by atoms with Crippen LogP contribution >= 0.6 is 15.9 Å². The molecule has 1 fully saturated rings. The SMILES string of the molecule is COc1ccc(Br)c(C(=O)NCCN2C(=O)CCC2=O)c1. The molecule has 6 nitrogen and oxygen atoms in total. The number of amides is 3. The van der Waals surface area contributed by atoms with E-state index >= 15 is 0 Å². The van der Waals surface area contributed by atoms with E-state index in [-0.39, 0.29) is 43.7 Å². The van der Waals surface area contributed by atoms with Gasteiger partial charge in [0, 0.05) is 30.4 Å². The number of hydrogen-bond acceptors (Lipinski definition) is 4. The predicted molar refractivity (Wildman–Crippen MR) is 79.0 cm³/mol. The maximum Gasteiger partial charge on any atom is 0.252 e. The van der Waals surface area contributed by atoms with E-state index in [1.54, 1.807) is 18.2 Å². The second kappa shape index (κ2) is 6.71. The monoisotopic (exact) mass is 354 g/mol. The van der Waals surface area contributed by atoms with Gasteiger partial charge < -0.3 is 10.1 Å². The molecule has 0 radical (unpaired) electrons. The lowest BCUT2D eigenvalue weighted by Gasteiger charge is -2.14. The summed E-state index contributed by atoms with van der Waals surface area (Å²) in [4.78, 5) is 36.1. The van der Waals surface area contributed by atoms with Crippen molar-refractivity contribution in [1.82, 2.24) is 10.2 Å². The fourth-order valence-electron chi connectivity index (χ4n) is 2.05. The molecule has 21 heavy (non-hydrogen) atoms. The van der Waals surface area contributed by atoms with Gasteiger partial charge in [0.05, 0.1) is 12.7 Å². The highest BCUT2D eigenvalue weighted by Gasteiger charge is 2.28. The predicted octanol–water partition coefficient (Wildman–Crippen LogP) is 1.34. The standard InChI is InChI=1S/C14H15BrN2O4/c1-21-9-2-3-11(15)10(8-9)14(20)16-6-7-17-12(18)4-5-13(17)19/h2-3,8H,4-7H2,1H3,(H,16,20). The number of imide groups is 1. The van der Waals surface area contributed by atoms with Crippen LogP contribution in [0.2, 0.25) is 0 Å². The molecule has 2 rings (SSSR count). The van der Waals surface area contributed by atoms with Crippen molar-refractivity contribution < 1.29 is 19.1 Å². The minimum Gasteiger partial charge on any atom is -0.497 e. The normalized spacial score (nSPS) is 14.5. The first-order valence-electron chi connectivity index (χ1n) is 6.48. The van der Waals surface area contributed by atoms with Gasteiger partial charge >= 0.3 is 0 Å². The number of hydrogen-bond donors (Lipinski definition) is 1. The van der Waals surface area contributed by atoms with Crippen molar-refractivity contribution in [3.8, 4) is 5.75 Å². The van der Waals surface area contributed by atoms with Crippen LogP contribution in [0.15, 0.2) is 22.7 Å². The van der Waals surface area contributed by atoms with Gasteiger partial charge in [-0.3, -0.25) is 19.3 Å². The zero-order valence-corrected chi connectivity index (χ0v) is 13.1. The fraction of sp³-hybridized carbons (Fsp3) is 0.357. The number of methoxy groups -OCH3 is 1. The molecule has 1 N–H and O–H groups in total. The van der Waals surface area contributed by atoms with Gasteiger partial charge in [0.25, 0.3) is 5.91 Å². The molecule has 1 aromatic carbocycles. The van der Waals surface area contributed by atoms with Gasteiger partial charge in [-0.1, -0.05) is 0 Å². The lowest BCUT2D eigenvalue weighted by molar-refractivity contribution is -0.138. The highest BCUT2D eigenvalue weighted by Crippen LogP contribution is 2.22. The highest BCUT2D eigenvalue weighted by atomic mass is 79.9. The molecule has 0 aliphatic carbocycles. The van der Waals surface area contributed by atoms with Crippen LogP contribution in [-0.2, 0) is 9.59 Å². The van der Waals surface area contributed by atoms with E-state index in [2.05, 4.69) is 21.2 Å². The van der Waals surface area contributed by atoms with Gasteiger partial charge in [0.1, 0.15) is 5.75 Å². The highest BCUT2D eigenvalue weighted by molar-refractivity contribution is 9.10. The number of likely N-dealkylation sites (tertiary alicyclic amines) is 1. The first kappa shape index (κ1) is 15.5. The van der Waals surface area contributed by atoms with Crippen LogP contribution in [0, 0.1) is 0 Å². The Labute approximate surface area is 130 Å². The number of carbonyl (C=O) groups is 3. The van der Waals surface area contributed by atoms with Crippen LogP contribution in [0.4, 0.5) is 0 Å². The lowest BCUT2D eigenvalue weighted by atomic mass is 10.2. The van der Waals surface area contributed by atoms with Crippen molar-refractivity contribution in [1.29, 1.82) is 0 Å². The second-order valence-corrected chi connectivity index (χ2v) is 5.40. The molecular formula is C14H15BrN2O4. The Balaban J connectivity index is 1.93. The molecule has 0 unspecified atom stereocenters. The molecule has 0 spiro atoms. The molecule has 112 valence electrons.